The third-order valence-electron chi connectivity index (χ3n) is 3.06. The minimum atomic E-state index is 0.422. The molecule has 2 rings (SSSR count). The van der Waals surface area contributed by atoms with Crippen LogP contribution in [0.5, 0.6) is 5.75 Å². The van der Waals surface area contributed by atoms with Crippen LogP contribution in [0.1, 0.15) is 12.0 Å². The number of anilines is 2. The van der Waals surface area contributed by atoms with E-state index in [1.807, 2.05) is 12.1 Å². The van der Waals surface area contributed by atoms with Crippen molar-refractivity contribution in [3.8, 4) is 5.75 Å². The van der Waals surface area contributed by atoms with Gasteiger partial charge in [0.15, 0.2) is 0 Å². The maximum absolute atomic E-state index is 6.09. The normalized spacial score (nSPS) is 14.4. The van der Waals surface area contributed by atoms with Gasteiger partial charge in [0, 0.05) is 18.3 Å². The second-order valence-corrected chi connectivity index (χ2v) is 4.45. The number of nitrogen functional groups attached to an aromatic ring is 1. The van der Waals surface area contributed by atoms with Gasteiger partial charge in [-0.2, -0.15) is 0 Å². The summed E-state index contributed by atoms with van der Waals surface area (Å²) >= 11 is 5.86. The van der Waals surface area contributed by atoms with Gasteiger partial charge >= 0.3 is 0 Å². The molecule has 0 aliphatic carbocycles. The summed E-state index contributed by atoms with van der Waals surface area (Å²) in [5, 5.41) is 0. The molecule has 4 heteroatoms. The molecule has 2 N–H and O–H groups in total. The summed E-state index contributed by atoms with van der Waals surface area (Å²) < 4.78 is 5.24. The Morgan fingerprint density at radius 3 is 3.00 bits per heavy atom. The average molecular weight is 253 g/mol. The smallest absolute Gasteiger partial charge is 0.121 e. The van der Waals surface area contributed by atoms with E-state index in [1.54, 1.807) is 7.11 Å². The first-order valence-electron chi connectivity index (χ1n) is 5.65. The Balaban J connectivity index is 2.47. The molecule has 0 saturated carbocycles. The van der Waals surface area contributed by atoms with Crippen molar-refractivity contribution < 1.29 is 4.74 Å². The second kappa shape index (κ2) is 4.88. The topological polar surface area (TPSA) is 38.5 Å². The van der Waals surface area contributed by atoms with Crippen LogP contribution >= 0.6 is 11.6 Å². The standard InChI is InChI=1S/C13H17ClN2O/c1-9(8-14)16-5-3-4-10-6-11(17-2)7-12(15)13(10)16/h6-7H,1,3-5,8,15H2,2H3. The van der Waals surface area contributed by atoms with Gasteiger partial charge in [0.05, 0.1) is 24.4 Å². The lowest BCUT2D eigenvalue weighted by Gasteiger charge is -2.33. The fourth-order valence-corrected chi connectivity index (χ4v) is 2.40. The molecule has 92 valence electrons. The molecule has 0 spiro atoms. The van der Waals surface area contributed by atoms with Crippen LogP contribution in [0.25, 0.3) is 0 Å². The van der Waals surface area contributed by atoms with Crippen LogP contribution < -0.4 is 15.4 Å². The molecule has 0 bridgehead atoms. The molecular weight excluding hydrogens is 236 g/mol. The first kappa shape index (κ1) is 12.1. The Labute approximate surface area is 107 Å². The highest BCUT2D eigenvalue weighted by Crippen LogP contribution is 2.38. The van der Waals surface area contributed by atoms with E-state index in [0.717, 1.165) is 42.2 Å². The number of ether oxygens (including phenoxy) is 1. The molecule has 1 aromatic rings. The monoisotopic (exact) mass is 252 g/mol. The number of allylic oxidation sites excluding steroid dienone is 1. The molecule has 1 aliphatic heterocycles. The van der Waals surface area contributed by atoms with Crippen LogP contribution in [0.4, 0.5) is 11.4 Å². The number of fused-ring (bicyclic) bond motifs is 1. The van der Waals surface area contributed by atoms with Crippen LogP contribution in [-0.2, 0) is 6.42 Å². The third-order valence-corrected chi connectivity index (χ3v) is 3.37. The molecule has 0 fully saturated rings. The summed E-state index contributed by atoms with van der Waals surface area (Å²) in [6.45, 7) is 4.91. The van der Waals surface area contributed by atoms with Crippen molar-refractivity contribution in [1.29, 1.82) is 0 Å². The van der Waals surface area contributed by atoms with E-state index < -0.39 is 0 Å². The van der Waals surface area contributed by atoms with Crippen LogP contribution in [0.3, 0.4) is 0 Å². The minimum absolute atomic E-state index is 0.422. The summed E-state index contributed by atoms with van der Waals surface area (Å²) in [6.07, 6.45) is 2.10. The average Bonchev–Trinajstić information content (AvgIpc) is 2.36. The molecule has 1 heterocycles. The first-order valence-corrected chi connectivity index (χ1v) is 6.18. The number of hydrogen-bond donors (Lipinski definition) is 1. The summed E-state index contributed by atoms with van der Waals surface area (Å²) in [4.78, 5) is 2.11. The zero-order valence-electron chi connectivity index (χ0n) is 10.0. The van der Waals surface area contributed by atoms with E-state index in [-0.39, 0.29) is 0 Å². The maximum Gasteiger partial charge on any atom is 0.121 e. The molecule has 1 aromatic carbocycles. The largest absolute Gasteiger partial charge is 0.497 e. The van der Waals surface area contributed by atoms with Crippen molar-refractivity contribution in [2.45, 2.75) is 12.8 Å². The highest BCUT2D eigenvalue weighted by molar-refractivity contribution is 6.19. The van der Waals surface area contributed by atoms with Crippen LogP contribution in [-0.4, -0.2) is 19.5 Å². The van der Waals surface area contributed by atoms with Crippen molar-refractivity contribution in [3.63, 3.8) is 0 Å². The van der Waals surface area contributed by atoms with Gasteiger partial charge in [0.2, 0.25) is 0 Å². The second-order valence-electron chi connectivity index (χ2n) is 4.18. The zero-order valence-corrected chi connectivity index (χ0v) is 10.8. The number of methoxy groups -OCH3 is 1. The molecule has 0 unspecified atom stereocenters. The Morgan fingerprint density at radius 2 is 2.35 bits per heavy atom. The van der Waals surface area contributed by atoms with E-state index in [4.69, 9.17) is 22.1 Å². The van der Waals surface area contributed by atoms with Crippen molar-refractivity contribution in [1.82, 2.24) is 0 Å². The Hall–Kier alpha value is -1.35. The highest BCUT2D eigenvalue weighted by Gasteiger charge is 2.22. The maximum atomic E-state index is 6.09. The molecule has 0 aromatic heterocycles. The number of nitrogens with zero attached hydrogens (tertiary/aromatic N) is 1. The number of benzene rings is 1. The van der Waals surface area contributed by atoms with E-state index in [2.05, 4.69) is 11.5 Å². The molecule has 1 aliphatic rings. The van der Waals surface area contributed by atoms with Gasteiger partial charge in [-0.05, 0) is 24.5 Å². The van der Waals surface area contributed by atoms with Gasteiger partial charge in [0.25, 0.3) is 0 Å². The SMILES string of the molecule is C=C(CCl)N1CCCc2cc(OC)cc(N)c21. The lowest BCUT2D eigenvalue weighted by molar-refractivity contribution is 0.414. The summed E-state index contributed by atoms with van der Waals surface area (Å²) in [6, 6.07) is 3.89. The zero-order chi connectivity index (χ0) is 12.4. The fraction of sp³-hybridized carbons (Fsp3) is 0.385. The van der Waals surface area contributed by atoms with Gasteiger partial charge in [0.1, 0.15) is 5.75 Å². The van der Waals surface area contributed by atoms with Crippen molar-refractivity contribution in [2.24, 2.45) is 0 Å². The predicted molar refractivity (Wildman–Crippen MR) is 72.9 cm³/mol. The summed E-state index contributed by atoms with van der Waals surface area (Å²) in [7, 11) is 1.65. The van der Waals surface area contributed by atoms with E-state index in [9.17, 15) is 0 Å². The molecular formula is C13H17ClN2O. The predicted octanol–water partition coefficient (Wildman–Crippen LogP) is 2.78. The van der Waals surface area contributed by atoms with Crippen molar-refractivity contribution in [2.75, 3.05) is 30.2 Å². The van der Waals surface area contributed by atoms with Crippen LogP contribution in [0.2, 0.25) is 0 Å². The summed E-state index contributed by atoms with van der Waals surface area (Å²) in [5.74, 6) is 1.23. The Kier molecular flexibility index (Phi) is 3.48. The van der Waals surface area contributed by atoms with Gasteiger partial charge in [-0.3, -0.25) is 0 Å². The minimum Gasteiger partial charge on any atom is -0.497 e. The number of alkyl halides is 1. The molecule has 17 heavy (non-hydrogen) atoms. The number of halogens is 1. The molecule has 0 saturated heterocycles. The number of rotatable bonds is 3. The Bertz CT molecular complexity index is 445. The van der Waals surface area contributed by atoms with Crippen LogP contribution in [0, 0.1) is 0 Å². The van der Waals surface area contributed by atoms with E-state index >= 15 is 0 Å². The first-order chi connectivity index (χ1) is 8.17. The molecule has 0 atom stereocenters. The number of hydrogen-bond acceptors (Lipinski definition) is 3. The number of aryl methyl sites for hydroxylation is 1. The highest BCUT2D eigenvalue weighted by atomic mass is 35.5. The third kappa shape index (κ3) is 2.20. The van der Waals surface area contributed by atoms with E-state index in [1.165, 1.54) is 5.56 Å². The number of nitrogens with two attached hydrogens (primary N) is 1. The molecule has 0 radical (unpaired) electrons. The van der Waals surface area contributed by atoms with Gasteiger partial charge in [-0.1, -0.05) is 6.58 Å². The van der Waals surface area contributed by atoms with Gasteiger partial charge in [-0.15, -0.1) is 11.6 Å². The lowest BCUT2D eigenvalue weighted by atomic mass is 9.99. The fourth-order valence-electron chi connectivity index (χ4n) is 2.25. The van der Waals surface area contributed by atoms with Crippen molar-refractivity contribution in [3.05, 3.63) is 30.0 Å². The van der Waals surface area contributed by atoms with E-state index in [0.29, 0.717) is 5.88 Å². The van der Waals surface area contributed by atoms with Gasteiger partial charge in [-0.25, -0.2) is 0 Å². The summed E-state index contributed by atoms with van der Waals surface area (Å²) in [5.41, 5.74) is 9.97. The lowest BCUT2D eigenvalue weighted by Crippen LogP contribution is -2.29. The molecule has 3 nitrogen and oxygen atoms in total. The quantitative estimate of drug-likeness (QED) is 0.664. The van der Waals surface area contributed by atoms with Gasteiger partial charge < -0.3 is 15.4 Å². The molecule has 0 amide bonds. The van der Waals surface area contributed by atoms with Crippen molar-refractivity contribution >= 4 is 23.0 Å². The Morgan fingerprint density at radius 1 is 1.59 bits per heavy atom. The van der Waals surface area contributed by atoms with Crippen LogP contribution in [0.15, 0.2) is 24.4 Å².